The summed E-state index contributed by atoms with van der Waals surface area (Å²) in [5.74, 6) is -1.95. The van der Waals surface area contributed by atoms with E-state index in [4.69, 9.17) is 4.74 Å². The molecule has 2 atom stereocenters. The number of esters is 1. The largest absolute Gasteiger partial charge is 0.431 e. The summed E-state index contributed by atoms with van der Waals surface area (Å²) in [4.78, 5) is 26.7. The number of hydrogen-bond donors (Lipinski definition) is 0. The van der Waals surface area contributed by atoms with E-state index in [9.17, 15) is 14.7 Å². The van der Waals surface area contributed by atoms with E-state index in [0.717, 1.165) is 0 Å². The Balaban J connectivity index is 5.14. The van der Waals surface area contributed by atoms with Crippen molar-refractivity contribution in [3.05, 3.63) is 0 Å². The standard InChI is InChI=1S/C13H25N2O4/c1-7-10(14(5)6)11(16)19-13(4,12(17)18)15(8-2)9-3/h10H,7-9H2,1-6H3/t10?,13-/m1/s1. The number of likely N-dealkylation sites (N-methyl/N-ethyl adjacent to an activating group) is 2. The van der Waals surface area contributed by atoms with E-state index < -0.39 is 23.7 Å². The van der Waals surface area contributed by atoms with Gasteiger partial charge in [0.15, 0.2) is 0 Å². The highest BCUT2D eigenvalue weighted by Gasteiger charge is 2.45. The number of carbonyl (C=O) groups is 2. The van der Waals surface area contributed by atoms with Gasteiger partial charge in [-0.1, -0.05) is 20.8 Å². The van der Waals surface area contributed by atoms with Gasteiger partial charge in [0.2, 0.25) is 0 Å². The molecule has 0 N–H and O–H groups in total. The van der Waals surface area contributed by atoms with Crippen LogP contribution in [0.2, 0.25) is 0 Å². The summed E-state index contributed by atoms with van der Waals surface area (Å²) in [5.41, 5.74) is -1.73. The van der Waals surface area contributed by atoms with E-state index in [-0.39, 0.29) is 0 Å². The second kappa shape index (κ2) is 7.45. The molecule has 0 fully saturated rings. The molecule has 19 heavy (non-hydrogen) atoms. The van der Waals surface area contributed by atoms with Crippen LogP contribution in [-0.4, -0.2) is 60.7 Å². The smallest absolute Gasteiger partial charge is 0.413 e. The lowest BCUT2D eigenvalue weighted by Gasteiger charge is -2.36. The molecular formula is C13H25N2O4. The first-order valence-corrected chi connectivity index (χ1v) is 6.60. The summed E-state index contributed by atoms with van der Waals surface area (Å²) >= 11 is 0. The van der Waals surface area contributed by atoms with Crippen molar-refractivity contribution in [3.8, 4) is 0 Å². The number of rotatable bonds is 8. The van der Waals surface area contributed by atoms with E-state index in [1.54, 1.807) is 23.9 Å². The van der Waals surface area contributed by atoms with Gasteiger partial charge in [0.05, 0.1) is 0 Å². The highest BCUT2D eigenvalue weighted by atomic mass is 16.6. The van der Waals surface area contributed by atoms with Crippen LogP contribution < -0.4 is 0 Å². The average Bonchev–Trinajstić information content (AvgIpc) is 2.30. The number of carbonyl (C=O) groups excluding carboxylic acids is 2. The Hall–Kier alpha value is -1.14. The van der Waals surface area contributed by atoms with Crippen LogP contribution in [0, 0.1) is 0 Å². The predicted molar refractivity (Wildman–Crippen MR) is 70.9 cm³/mol. The highest BCUT2D eigenvalue weighted by molar-refractivity contribution is 5.83. The van der Waals surface area contributed by atoms with Crippen molar-refractivity contribution in [2.45, 2.75) is 45.9 Å². The van der Waals surface area contributed by atoms with Crippen molar-refractivity contribution in [3.63, 3.8) is 0 Å². The molecule has 0 bridgehead atoms. The molecule has 1 radical (unpaired) electrons. The van der Waals surface area contributed by atoms with Crippen LogP contribution in [0.15, 0.2) is 0 Å². The van der Waals surface area contributed by atoms with Crippen molar-refractivity contribution in [2.24, 2.45) is 0 Å². The molecule has 0 spiro atoms. The Labute approximate surface area is 115 Å². The molecule has 0 aromatic rings. The van der Waals surface area contributed by atoms with E-state index in [1.807, 2.05) is 20.8 Å². The third-order valence-corrected chi connectivity index (χ3v) is 3.33. The first-order chi connectivity index (χ1) is 8.74. The lowest BCUT2D eigenvalue weighted by atomic mass is 10.1. The van der Waals surface area contributed by atoms with Gasteiger partial charge in [-0.15, -0.1) is 0 Å². The topological polar surface area (TPSA) is 69.8 Å². The molecule has 0 saturated carbocycles. The quantitative estimate of drug-likeness (QED) is 0.485. The molecule has 6 heteroatoms. The zero-order valence-corrected chi connectivity index (χ0v) is 12.7. The molecule has 0 saturated heterocycles. The van der Waals surface area contributed by atoms with Crippen LogP contribution >= 0.6 is 0 Å². The second-order valence-corrected chi connectivity index (χ2v) is 4.75. The van der Waals surface area contributed by atoms with Crippen LogP contribution in [0.1, 0.15) is 34.1 Å². The lowest BCUT2D eigenvalue weighted by Crippen LogP contribution is -2.56. The lowest BCUT2D eigenvalue weighted by molar-refractivity contribution is -0.206. The van der Waals surface area contributed by atoms with Crippen molar-refractivity contribution in [1.82, 2.24) is 9.80 Å². The van der Waals surface area contributed by atoms with Gasteiger partial charge in [-0.3, -0.25) is 14.6 Å². The summed E-state index contributed by atoms with van der Waals surface area (Å²) < 4.78 is 5.24. The Morgan fingerprint density at radius 1 is 1.16 bits per heavy atom. The van der Waals surface area contributed by atoms with Gasteiger partial charge in [-0.2, -0.15) is 0 Å². The highest BCUT2D eigenvalue weighted by Crippen LogP contribution is 2.19. The normalized spacial score (nSPS) is 16.2. The molecule has 111 valence electrons. The van der Waals surface area contributed by atoms with Crippen LogP contribution in [0.4, 0.5) is 0 Å². The van der Waals surface area contributed by atoms with Crippen molar-refractivity contribution in [1.29, 1.82) is 0 Å². The number of nitrogens with zero attached hydrogens (tertiary/aromatic N) is 2. The average molecular weight is 273 g/mol. The maximum absolute atomic E-state index is 12.1. The first-order valence-electron chi connectivity index (χ1n) is 6.60. The van der Waals surface area contributed by atoms with Crippen LogP contribution in [0.25, 0.3) is 0 Å². The summed E-state index contributed by atoms with van der Waals surface area (Å²) in [7, 11) is 3.51. The maximum atomic E-state index is 12.1. The van der Waals surface area contributed by atoms with Gasteiger partial charge in [0.1, 0.15) is 6.04 Å². The third-order valence-electron chi connectivity index (χ3n) is 3.33. The van der Waals surface area contributed by atoms with Gasteiger partial charge in [0.25, 0.3) is 5.72 Å². The Kier molecular flexibility index (Phi) is 7.00. The molecule has 0 aliphatic carbocycles. The molecule has 0 aromatic carbocycles. The van der Waals surface area contributed by atoms with E-state index in [0.29, 0.717) is 19.5 Å². The molecule has 0 aliphatic rings. The molecule has 0 aliphatic heterocycles. The number of hydrogen-bond acceptors (Lipinski definition) is 5. The fourth-order valence-electron chi connectivity index (χ4n) is 2.07. The molecule has 1 unspecified atom stereocenters. The van der Waals surface area contributed by atoms with Crippen LogP contribution in [-0.2, 0) is 19.4 Å². The Bertz CT molecular complexity index is 316. The minimum absolute atomic E-state index is 0.451. The first kappa shape index (κ1) is 17.9. The summed E-state index contributed by atoms with van der Waals surface area (Å²) in [6.45, 7) is 7.72. The zero-order valence-electron chi connectivity index (χ0n) is 12.7. The van der Waals surface area contributed by atoms with Crippen molar-refractivity contribution in [2.75, 3.05) is 27.2 Å². The van der Waals surface area contributed by atoms with E-state index in [1.165, 1.54) is 6.92 Å². The fourth-order valence-corrected chi connectivity index (χ4v) is 2.07. The van der Waals surface area contributed by atoms with Gasteiger partial charge < -0.3 is 4.74 Å². The molecule has 0 aromatic heterocycles. The molecular weight excluding hydrogens is 248 g/mol. The molecule has 0 rings (SSSR count). The summed E-state index contributed by atoms with van der Waals surface area (Å²) in [6, 6.07) is -0.464. The zero-order chi connectivity index (χ0) is 15.2. The van der Waals surface area contributed by atoms with Gasteiger partial charge in [-0.25, -0.2) is 9.90 Å². The second-order valence-electron chi connectivity index (χ2n) is 4.75. The van der Waals surface area contributed by atoms with E-state index >= 15 is 0 Å². The third kappa shape index (κ3) is 4.18. The van der Waals surface area contributed by atoms with Gasteiger partial charge in [-0.05, 0) is 33.6 Å². The molecule has 0 heterocycles. The van der Waals surface area contributed by atoms with Crippen molar-refractivity contribution >= 4 is 11.9 Å². The maximum Gasteiger partial charge on any atom is 0.413 e. The van der Waals surface area contributed by atoms with Gasteiger partial charge in [0, 0.05) is 6.92 Å². The SMILES string of the molecule is CCC(C(=O)O[C@](C)(C([O])=O)N(CC)CC)N(C)C. The van der Waals surface area contributed by atoms with Gasteiger partial charge >= 0.3 is 11.9 Å². The monoisotopic (exact) mass is 273 g/mol. The minimum Gasteiger partial charge on any atom is -0.431 e. The van der Waals surface area contributed by atoms with Crippen molar-refractivity contribution < 1.29 is 19.4 Å². The van der Waals surface area contributed by atoms with Crippen LogP contribution in [0.5, 0.6) is 0 Å². The van der Waals surface area contributed by atoms with Crippen LogP contribution in [0.3, 0.4) is 0 Å². The fraction of sp³-hybridized carbons (Fsp3) is 0.846. The Morgan fingerprint density at radius 3 is 1.89 bits per heavy atom. The summed E-state index contributed by atoms with van der Waals surface area (Å²) in [6.07, 6.45) is 0.549. The van der Waals surface area contributed by atoms with E-state index in [2.05, 4.69) is 0 Å². The summed E-state index contributed by atoms with van der Waals surface area (Å²) in [5, 5.41) is 11.4. The Morgan fingerprint density at radius 2 is 1.63 bits per heavy atom. The predicted octanol–water partition coefficient (Wildman–Crippen LogP) is 0.885. The molecule has 0 amide bonds. The molecule has 6 nitrogen and oxygen atoms in total. The minimum atomic E-state index is -1.73. The number of ether oxygens (including phenoxy) is 1.